The van der Waals surface area contributed by atoms with E-state index in [1.54, 1.807) is 14.2 Å². The lowest BCUT2D eigenvalue weighted by Gasteiger charge is -2.25. The predicted octanol–water partition coefficient (Wildman–Crippen LogP) is 2.28. The van der Waals surface area contributed by atoms with Crippen LogP contribution in [0, 0.1) is 0 Å². The summed E-state index contributed by atoms with van der Waals surface area (Å²) in [7, 11) is 5.57. The monoisotopic (exact) mass is 278 g/mol. The van der Waals surface area contributed by atoms with E-state index in [0.29, 0.717) is 6.04 Å². The Bertz CT molecular complexity index is 432. The van der Waals surface area contributed by atoms with Gasteiger partial charge in [0.15, 0.2) is 11.5 Å². The van der Waals surface area contributed by atoms with Crippen LogP contribution in [0.15, 0.2) is 18.2 Å². The Morgan fingerprint density at radius 1 is 1.30 bits per heavy atom. The number of hydrogen-bond donors (Lipinski definition) is 1. The fraction of sp³-hybridized carbons (Fsp3) is 0.625. The summed E-state index contributed by atoms with van der Waals surface area (Å²) in [5, 5.41) is 3.51. The number of hydrogen-bond acceptors (Lipinski definition) is 4. The molecule has 112 valence electrons. The van der Waals surface area contributed by atoms with Gasteiger partial charge in [-0.2, -0.15) is 0 Å². The molecule has 1 aliphatic carbocycles. The predicted molar refractivity (Wildman–Crippen MR) is 81.5 cm³/mol. The van der Waals surface area contributed by atoms with Crippen LogP contribution in [0.2, 0.25) is 0 Å². The molecule has 1 atom stereocenters. The number of rotatable bonds is 8. The lowest BCUT2D eigenvalue weighted by atomic mass is 10.1. The topological polar surface area (TPSA) is 33.7 Å². The first-order valence-electron chi connectivity index (χ1n) is 7.30. The maximum atomic E-state index is 5.45. The number of nitrogens with one attached hydrogen (secondary N) is 1. The van der Waals surface area contributed by atoms with Gasteiger partial charge < -0.3 is 14.8 Å². The Morgan fingerprint density at radius 3 is 2.65 bits per heavy atom. The molecule has 1 aliphatic rings. The van der Waals surface area contributed by atoms with Crippen LogP contribution in [0.1, 0.15) is 25.3 Å². The Labute approximate surface area is 122 Å². The van der Waals surface area contributed by atoms with Crippen molar-refractivity contribution in [3.63, 3.8) is 0 Å². The minimum Gasteiger partial charge on any atom is -0.493 e. The molecule has 1 saturated carbocycles. The molecule has 1 unspecified atom stereocenters. The van der Waals surface area contributed by atoms with E-state index in [1.807, 2.05) is 12.1 Å². The summed E-state index contributed by atoms with van der Waals surface area (Å²) >= 11 is 0. The highest BCUT2D eigenvalue weighted by molar-refractivity contribution is 5.46. The normalized spacial score (nSPS) is 16.2. The highest BCUT2D eigenvalue weighted by Crippen LogP contribution is 2.30. The van der Waals surface area contributed by atoms with Crippen molar-refractivity contribution in [2.24, 2.45) is 0 Å². The fourth-order valence-electron chi connectivity index (χ4n) is 2.49. The number of benzene rings is 1. The first kappa shape index (κ1) is 15.1. The van der Waals surface area contributed by atoms with Crippen LogP contribution >= 0.6 is 0 Å². The highest BCUT2D eigenvalue weighted by Gasteiger charge is 2.28. The minimum absolute atomic E-state index is 0.555. The zero-order valence-corrected chi connectivity index (χ0v) is 13.0. The summed E-state index contributed by atoms with van der Waals surface area (Å²) in [5.41, 5.74) is 1.13. The van der Waals surface area contributed by atoms with E-state index < -0.39 is 0 Å². The van der Waals surface area contributed by atoms with Gasteiger partial charge in [-0.05, 0) is 32.9 Å². The van der Waals surface area contributed by atoms with Crippen molar-refractivity contribution in [1.82, 2.24) is 10.2 Å². The second-order valence-corrected chi connectivity index (χ2v) is 5.53. The molecule has 1 aromatic rings. The van der Waals surface area contributed by atoms with E-state index in [2.05, 4.69) is 30.3 Å². The van der Waals surface area contributed by atoms with E-state index in [-0.39, 0.29) is 0 Å². The first-order chi connectivity index (χ1) is 9.67. The lowest BCUT2D eigenvalue weighted by molar-refractivity contribution is 0.240. The molecule has 4 heteroatoms. The first-order valence-corrected chi connectivity index (χ1v) is 7.30. The molecular formula is C16H26N2O2. The molecule has 0 aliphatic heterocycles. The van der Waals surface area contributed by atoms with Crippen molar-refractivity contribution >= 4 is 0 Å². The second-order valence-electron chi connectivity index (χ2n) is 5.53. The number of nitrogens with zero attached hydrogens (tertiary/aromatic N) is 1. The molecule has 1 N–H and O–H groups in total. The Morgan fingerprint density at radius 2 is 2.05 bits per heavy atom. The number of ether oxygens (including phenoxy) is 2. The molecule has 0 spiro atoms. The summed E-state index contributed by atoms with van der Waals surface area (Å²) in [6.45, 7) is 4.05. The van der Waals surface area contributed by atoms with Crippen LogP contribution in [-0.2, 0) is 6.54 Å². The summed E-state index contributed by atoms with van der Waals surface area (Å²) in [6, 6.07) is 7.35. The fourth-order valence-corrected chi connectivity index (χ4v) is 2.49. The molecule has 4 nitrogen and oxygen atoms in total. The van der Waals surface area contributed by atoms with E-state index in [0.717, 1.165) is 36.2 Å². The van der Waals surface area contributed by atoms with Gasteiger partial charge in [-0.15, -0.1) is 0 Å². The van der Waals surface area contributed by atoms with Crippen LogP contribution < -0.4 is 14.8 Å². The standard InChI is InChI=1S/C16H26N2O2/c1-12(18(2)14-8-9-14)10-17-11-13-6-5-7-15(19-3)16(13)20-4/h5-7,12,14,17H,8-11H2,1-4H3. The van der Waals surface area contributed by atoms with Crippen LogP contribution in [0.3, 0.4) is 0 Å². The average Bonchev–Trinajstić information content (AvgIpc) is 3.30. The Kier molecular flexibility index (Phi) is 5.26. The van der Waals surface area contributed by atoms with E-state index >= 15 is 0 Å². The van der Waals surface area contributed by atoms with Gasteiger partial charge in [-0.25, -0.2) is 0 Å². The Balaban J connectivity index is 1.87. The van der Waals surface area contributed by atoms with Gasteiger partial charge in [0.05, 0.1) is 14.2 Å². The summed E-state index contributed by atoms with van der Waals surface area (Å²) in [4.78, 5) is 2.47. The van der Waals surface area contributed by atoms with Crippen molar-refractivity contribution in [1.29, 1.82) is 0 Å². The van der Waals surface area contributed by atoms with Crippen LogP contribution in [0.4, 0.5) is 0 Å². The molecular weight excluding hydrogens is 252 g/mol. The summed E-state index contributed by atoms with van der Waals surface area (Å²) in [6.07, 6.45) is 2.70. The maximum Gasteiger partial charge on any atom is 0.165 e. The number of likely N-dealkylation sites (N-methyl/N-ethyl adjacent to an activating group) is 1. The lowest BCUT2D eigenvalue weighted by Crippen LogP contribution is -2.38. The van der Waals surface area contributed by atoms with Crippen LogP contribution in [0.5, 0.6) is 11.5 Å². The van der Waals surface area contributed by atoms with Gasteiger partial charge in [-0.3, -0.25) is 4.90 Å². The molecule has 2 rings (SSSR count). The molecule has 20 heavy (non-hydrogen) atoms. The van der Waals surface area contributed by atoms with Crippen molar-refractivity contribution < 1.29 is 9.47 Å². The van der Waals surface area contributed by atoms with E-state index in [1.165, 1.54) is 12.8 Å². The van der Waals surface area contributed by atoms with E-state index in [9.17, 15) is 0 Å². The van der Waals surface area contributed by atoms with Crippen molar-refractivity contribution in [2.45, 2.75) is 38.4 Å². The third kappa shape index (κ3) is 3.64. The summed E-state index contributed by atoms with van der Waals surface area (Å²) in [5.74, 6) is 1.61. The van der Waals surface area contributed by atoms with Crippen molar-refractivity contribution in [3.05, 3.63) is 23.8 Å². The van der Waals surface area contributed by atoms with Gasteiger partial charge >= 0.3 is 0 Å². The second kappa shape index (κ2) is 6.95. The quantitative estimate of drug-likeness (QED) is 0.791. The zero-order valence-electron chi connectivity index (χ0n) is 13.0. The van der Waals surface area contributed by atoms with Crippen LogP contribution in [-0.4, -0.2) is 44.8 Å². The van der Waals surface area contributed by atoms with Gasteiger partial charge in [0.2, 0.25) is 0 Å². The van der Waals surface area contributed by atoms with Crippen molar-refractivity contribution in [2.75, 3.05) is 27.8 Å². The molecule has 0 radical (unpaired) electrons. The van der Waals surface area contributed by atoms with Gasteiger partial charge in [0.1, 0.15) is 0 Å². The molecule has 0 bridgehead atoms. The third-order valence-corrected chi connectivity index (χ3v) is 4.06. The number of methoxy groups -OCH3 is 2. The number of para-hydroxylation sites is 1. The smallest absolute Gasteiger partial charge is 0.165 e. The van der Waals surface area contributed by atoms with Gasteiger partial charge in [-0.1, -0.05) is 12.1 Å². The third-order valence-electron chi connectivity index (χ3n) is 4.06. The largest absolute Gasteiger partial charge is 0.493 e. The van der Waals surface area contributed by atoms with Crippen LogP contribution in [0.25, 0.3) is 0 Å². The minimum atomic E-state index is 0.555. The molecule has 0 aromatic heterocycles. The van der Waals surface area contributed by atoms with Crippen molar-refractivity contribution in [3.8, 4) is 11.5 Å². The zero-order chi connectivity index (χ0) is 14.5. The molecule has 1 aromatic carbocycles. The molecule has 1 fully saturated rings. The maximum absolute atomic E-state index is 5.45. The SMILES string of the molecule is COc1cccc(CNCC(C)N(C)C2CC2)c1OC. The molecule has 0 heterocycles. The average molecular weight is 278 g/mol. The molecule has 0 saturated heterocycles. The van der Waals surface area contributed by atoms with E-state index in [4.69, 9.17) is 9.47 Å². The van der Waals surface area contributed by atoms with Gasteiger partial charge in [0.25, 0.3) is 0 Å². The highest BCUT2D eigenvalue weighted by atomic mass is 16.5. The Hall–Kier alpha value is -1.26. The molecule has 0 amide bonds. The summed E-state index contributed by atoms with van der Waals surface area (Å²) < 4.78 is 10.8. The van der Waals surface area contributed by atoms with Gasteiger partial charge in [0, 0.05) is 30.7 Å².